The first-order valence-corrected chi connectivity index (χ1v) is 3.88. The Morgan fingerprint density at radius 2 is 2.25 bits per heavy atom. The Balaban J connectivity index is 3.07. The van der Waals surface area contributed by atoms with Crippen LogP contribution in [0.15, 0.2) is 30.9 Å². The highest BCUT2D eigenvalue weighted by Crippen LogP contribution is 2.09. The normalized spacial score (nSPS) is 9.00. The van der Waals surface area contributed by atoms with Crippen LogP contribution in [0.3, 0.4) is 0 Å². The van der Waals surface area contributed by atoms with Gasteiger partial charge in [0.2, 0.25) is 0 Å². The Bertz CT molecular complexity index is 331. The summed E-state index contributed by atoms with van der Waals surface area (Å²) in [5.74, 6) is 0. The minimum atomic E-state index is 0.729. The molecule has 0 spiro atoms. The lowest BCUT2D eigenvalue weighted by Gasteiger charge is -1.99. The van der Waals surface area contributed by atoms with E-state index in [9.17, 15) is 0 Å². The number of hydrogen-bond donors (Lipinski definition) is 0. The SMILES string of the molecule is C=CCc1cc(C)cc(C#N)c1. The van der Waals surface area contributed by atoms with E-state index in [1.165, 1.54) is 0 Å². The molecule has 0 saturated heterocycles. The van der Waals surface area contributed by atoms with Crippen LogP contribution in [0.25, 0.3) is 0 Å². The maximum absolute atomic E-state index is 8.68. The van der Waals surface area contributed by atoms with Crippen LogP contribution < -0.4 is 0 Å². The topological polar surface area (TPSA) is 23.8 Å². The molecule has 1 rings (SSSR count). The molecule has 60 valence electrons. The van der Waals surface area contributed by atoms with Gasteiger partial charge in [-0.15, -0.1) is 6.58 Å². The molecule has 0 radical (unpaired) electrons. The maximum Gasteiger partial charge on any atom is 0.0991 e. The number of benzene rings is 1. The van der Waals surface area contributed by atoms with Gasteiger partial charge in [0.05, 0.1) is 11.6 Å². The summed E-state index contributed by atoms with van der Waals surface area (Å²) in [7, 11) is 0. The lowest BCUT2D eigenvalue weighted by molar-refractivity contribution is 1.24. The molecule has 1 aromatic carbocycles. The van der Waals surface area contributed by atoms with Crippen molar-refractivity contribution in [3.63, 3.8) is 0 Å². The molecule has 0 aliphatic carbocycles. The summed E-state index contributed by atoms with van der Waals surface area (Å²) in [4.78, 5) is 0. The lowest BCUT2D eigenvalue weighted by Crippen LogP contribution is -1.85. The molecule has 0 heterocycles. The molecule has 0 aliphatic heterocycles. The first kappa shape index (κ1) is 8.55. The molecular formula is C11H11N. The molecular weight excluding hydrogens is 146 g/mol. The Morgan fingerprint density at radius 3 is 2.83 bits per heavy atom. The average molecular weight is 157 g/mol. The first-order chi connectivity index (χ1) is 5.76. The molecule has 0 aromatic heterocycles. The molecule has 0 fully saturated rings. The Hall–Kier alpha value is -1.55. The summed E-state index contributed by atoms with van der Waals surface area (Å²) >= 11 is 0. The van der Waals surface area contributed by atoms with Crippen molar-refractivity contribution in [3.05, 3.63) is 47.5 Å². The van der Waals surface area contributed by atoms with Crippen LogP contribution in [0.5, 0.6) is 0 Å². The minimum absolute atomic E-state index is 0.729. The van der Waals surface area contributed by atoms with E-state index >= 15 is 0 Å². The van der Waals surface area contributed by atoms with E-state index in [1.54, 1.807) is 0 Å². The molecule has 0 aliphatic rings. The number of nitriles is 1. The number of aryl methyl sites for hydroxylation is 1. The highest BCUT2D eigenvalue weighted by molar-refractivity contribution is 5.37. The van der Waals surface area contributed by atoms with E-state index in [0.717, 1.165) is 23.1 Å². The lowest BCUT2D eigenvalue weighted by atomic mass is 10.1. The first-order valence-electron chi connectivity index (χ1n) is 3.88. The van der Waals surface area contributed by atoms with Gasteiger partial charge in [-0.1, -0.05) is 12.1 Å². The fourth-order valence-corrected chi connectivity index (χ4v) is 1.21. The van der Waals surface area contributed by atoms with Crippen LogP contribution in [0.2, 0.25) is 0 Å². The Kier molecular flexibility index (Phi) is 2.66. The van der Waals surface area contributed by atoms with E-state index in [4.69, 9.17) is 5.26 Å². The van der Waals surface area contributed by atoms with Crippen LogP contribution >= 0.6 is 0 Å². The number of hydrogen-bond acceptors (Lipinski definition) is 1. The fourth-order valence-electron chi connectivity index (χ4n) is 1.21. The van der Waals surface area contributed by atoms with Crippen molar-refractivity contribution in [1.29, 1.82) is 5.26 Å². The molecule has 0 N–H and O–H groups in total. The fraction of sp³-hybridized carbons (Fsp3) is 0.182. The molecule has 0 atom stereocenters. The number of allylic oxidation sites excluding steroid dienone is 1. The van der Waals surface area contributed by atoms with E-state index in [1.807, 2.05) is 25.1 Å². The second kappa shape index (κ2) is 3.73. The zero-order chi connectivity index (χ0) is 8.97. The van der Waals surface area contributed by atoms with Crippen molar-refractivity contribution >= 4 is 0 Å². The third-order valence-corrected chi connectivity index (χ3v) is 1.65. The second-order valence-corrected chi connectivity index (χ2v) is 2.81. The second-order valence-electron chi connectivity index (χ2n) is 2.81. The maximum atomic E-state index is 8.68. The standard InChI is InChI=1S/C11H11N/c1-3-4-10-5-9(2)6-11(7-10)8-12/h3,5-7H,1,4H2,2H3. The zero-order valence-corrected chi connectivity index (χ0v) is 7.17. The predicted molar refractivity (Wildman–Crippen MR) is 49.8 cm³/mol. The van der Waals surface area contributed by atoms with Crippen molar-refractivity contribution in [2.45, 2.75) is 13.3 Å². The molecule has 1 aromatic rings. The zero-order valence-electron chi connectivity index (χ0n) is 7.17. The van der Waals surface area contributed by atoms with Gasteiger partial charge in [-0.25, -0.2) is 0 Å². The Labute approximate surface area is 73.0 Å². The van der Waals surface area contributed by atoms with Crippen LogP contribution in [0.1, 0.15) is 16.7 Å². The van der Waals surface area contributed by atoms with E-state index < -0.39 is 0 Å². The van der Waals surface area contributed by atoms with Crippen LogP contribution in [-0.2, 0) is 6.42 Å². The summed E-state index contributed by atoms with van der Waals surface area (Å²) in [6.45, 7) is 5.65. The summed E-state index contributed by atoms with van der Waals surface area (Å²) in [6, 6.07) is 7.98. The predicted octanol–water partition coefficient (Wildman–Crippen LogP) is 2.60. The van der Waals surface area contributed by atoms with Crippen LogP contribution in [-0.4, -0.2) is 0 Å². The van der Waals surface area contributed by atoms with Gasteiger partial charge in [0.25, 0.3) is 0 Å². The van der Waals surface area contributed by atoms with Crippen molar-refractivity contribution < 1.29 is 0 Å². The number of nitrogens with zero attached hydrogens (tertiary/aromatic N) is 1. The van der Waals surface area contributed by atoms with E-state index in [2.05, 4.69) is 18.7 Å². The summed E-state index contributed by atoms with van der Waals surface area (Å²) in [5.41, 5.74) is 3.01. The van der Waals surface area contributed by atoms with Crippen molar-refractivity contribution in [3.8, 4) is 6.07 Å². The molecule has 1 nitrogen and oxygen atoms in total. The van der Waals surface area contributed by atoms with Gasteiger partial charge < -0.3 is 0 Å². The monoisotopic (exact) mass is 157 g/mol. The smallest absolute Gasteiger partial charge is 0.0991 e. The third-order valence-electron chi connectivity index (χ3n) is 1.65. The van der Waals surface area contributed by atoms with Crippen molar-refractivity contribution in [2.24, 2.45) is 0 Å². The van der Waals surface area contributed by atoms with Crippen LogP contribution in [0, 0.1) is 18.3 Å². The average Bonchev–Trinajstić information content (AvgIpc) is 2.04. The van der Waals surface area contributed by atoms with Gasteiger partial charge >= 0.3 is 0 Å². The van der Waals surface area contributed by atoms with Crippen molar-refractivity contribution in [2.75, 3.05) is 0 Å². The van der Waals surface area contributed by atoms with Crippen LogP contribution in [0.4, 0.5) is 0 Å². The van der Waals surface area contributed by atoms with Gasteiger partial charge in [0.15, 0.2) is 0 Å². The van der Waals surface area contributed by atoms with Gasteiger partial charge in [-0.05, 0) is 36.6 Å². The van der Waals surface area contributed by atoms with Gasteiger partial charge in [-0.2, -0.15) is 5.26 Å². The molecule has 1 heteroatoms. The summed E-state index contributed by atoms with van der Waals surface area (Å²) in [5, 5.41) is 8.68. The van der Waals surface area contributed by atoms with E-state index in [0.29, 0.717) is 0 Å². The van der Waals surface area contributed by atoms with Gasteiger partial charge in [0, 0.05) is 0 Å². The minimum Gasteiger partial charge on any atom is -0.192 e. The Morgan fingerprint density at radius 1 is 1.50 bits per heavy atom. The van der Waals surface area contributed by atoms with Gasteiger partial charge in [0.1, 0.15) is 0 Å². The molecule has 12 heavy (non-hydrogen) atoms. The largest absolute Gasteiger partial charge is 0.192 e. The van der Waals surface area contributed by atoms with Crippen molar-refractivity contribution in [1.82, 2.24) is 0 Å². The molecule has 0 bridgehead atoms. The molecule has 0 unspecified atom stereocenters. The van der Waals surface area contributed by atoms with Gasteiger partial charge in [-0.3, -0.25) is 0 Å². The third kappa shape index (κ3) is 1.96. The number of rotatable bonds is 2. The molecule has 0 saturated carbocycles. The summed E-state index contributed by atoms with van der Waals surface area (Å²) < 4.78 is 0. The summed E-state index contributed by atoms with van der Waals surface area (Å²) in [6.07, 6.45) is 2.67. The highest BCUT2D eigenvalue weighted by atomic mass is 14.2. The highest BCUT2D eigenvalue weighted by Gasteiger charge is 1.95. The quantitative estimate of drug-likeness (QED) is 0.605. The van der Waals surface area contributed by atoms with E-state index in [-0.39, 0.29) is 0 Å². The molecule has 0 amide bonds.